The Morgan fingerprint density at radius 2 is 2.00 bits per heavy atom. The first-order chi connectivity index (χ1) is 8.50. The molecule has 0 fully saturated rings. The third-order valence-electron chi connectivity index (χ3n) is 2.55. The predicted molar refractivity (Wildman–Crippen MR) is 72.3 cm³/mol. The van der Waals surface area contributed by atoms with Crippen molar-refractivity contribution in [2.45, 2.75) is 33.4 Å². The van der Waals surface area contributed by atoms with Gasteiger partial charge in [-0.2, -0.15) is 0 Å². The van der Waals surface area contributed by atoms with Crippen molar-refractivity contribution in [2.75, 3.05) is 6.54 Å². The number of ether oxygens (including phenoxy) is 1. The molecule has 1 aromatic rings. The molecule has 0 spiro atoms. The zero-order chi connectivity index (χ0) is 13.5. The Bertz CT molecular complexity index is 391. The van der Waals surface area contributed by atoms with Crippen molar-refractivity contribution in [1.29, 1.82) is 0 Å². The van der Waals surface area contributed by atoms with Gasteiger partial charge in [-0.15, -0.1) is 0 Å². The van der Waals surface area contributed by atoms with Gasteiger partial charge in [0.15, 0.2) is 6.10 Å². The highest BCUT2D eigenvalue weighted by Crippen LogP contribution is 2.19. The highest BCUT2D eigenvalue weighted by atomic mass is 16.5. The van der Waals surface area contributed by atoms with Crippen LogP contribution in [0.25, 0.3) is 0 Å². The van der Waals surface area contributed by atoms with Crippen molar-refractivity contribution in [2.24, 2.45) is 11.7 Å². The van der Waals surface area contributed by atoms with Gasteiger partial charge >= 0.3 is 0 Å². The number of rotatable bonds is 7. The summed E-state index contributed by atoms with van der Waals surface area (Å²) in [4.78, 5) is 11.0. The fourth-order valence-corrected chi connectivity index (χ4v) is 1.51. The molecule has 1 amide bonds. The molecule has 18 heavy (non-hydrogen) atoms. The van der Waals surface area contributed by atoms with Crippen molar-refractivity contribution in [3.8, 4) is 5.75 Å². The smallest absolute Gasteiger partial charge is 0.258 e. The zero-order valence-corrected chi connectivity index (χ0v) is 11.3. The topological polar surface area (TPSA) is 64.3 Å². The van der Waals surface area contributed by atoms with E-state index in [-0.39, 0.29) is 0 Å². The first-order valence-electron chi connectivity index (χ1n) is 6.25. The molecule has 0 aliphatic heterocycles. The number of nitrogens with two attached hydrogens (primary N) is 1. The maximum atomic E-state index is 11.0. The maximum absolute atomic E-state index is 11.0. The number of nitrogens with one attached hydrogen (secondary N) is 1. The molecule has 1 atom stereocenters. The minimum atomic E-state index is -0.615. The molecule has 1 unspecified atom stereocenters. The minimum Gasteiger partial charge on any atom is -0.481 e. The second-order valence-corrected chi connectivity index (χ2v) is 4.79. The van der Waals surface area contributed by atoms with Crippen molar-refractivity contribution in [3.63, 3.8) is 0 Å². The van der Waals surface area contributed by atoms with Gasteiger partial charge in [0.25, 0.3) is 5.91 Å². The molecule has 1 aromatic carbocycles. The number of para-hydroxylation sites is 1. The van der Waals surface area contributed by atoms with E-state index in [4.69, 9.17) is 10.5 Å². The summed E-state index contributed by atoms with van der Waals surface area (Å²) in [5.41, 5.74) is 6.23. The molecule has 0 bridgehead atoms. The lowest BCUT2D eigenvalue weighted by molar-refractivity contribution is -0.124. The Morgan fingerprint density at radius 3 is 2.61 bits per heavy atom. The predicted octanol–water partition coefficient (Wildman–Crippen LogP) is 1.68. The van der Waals surface area contributed by atoms with Crippen molar-refractivity contribution >= 4 is 5.91 Å². The number of carbonyl (C=O) groups excluding carboxylic acids is 1. The summed E-state index contributed by atoms with van der Waals surface area (Å²) >= 11 is 0. The number of benzene rings is 1. The summed E-state index contributed by atoms with van der Waals surface area (Å²) in [5, 5.41) is 3.35. The van der Waals surface area contributed by atoms with Crippen LogP contribution in [-0.2, 0) is 11.3 Å². The molecule has 0 heterocycles. The van der Waals surface area contributed by atoms with Gasteiger partial charge in [-0.3, -0.25) is 4.79 Å². The van der Waals surface area contributed by atoms with Crippen molar-refractivity contribution in [3.05, 3.63) is 29.8 Å². The number of amides is 1. The summed E-state index contributed by atoms with van der Waals surface area (Å²) in [6, 6.07) is 7.67. The molecular formula is C14H22N2O2. The number of hydrogen-bond acceptors (Lipinski definition) is 3. The fraction of sp³-hybridized carbons (Fsp3) is 0.500. The summed E-state index contributed by atoms with van der Waals surface area (Å²) in [6.07, 6.45) is -0.615. The summed E-state index contributed by atoms with van der Waals surface area (Å²) in [7, 11) is 0. The summed E-state index contributed by atoms with van der Waals surface area (Å²) < 4.78 is 5.55. The van der Waals surface area contributed by atoms with Gasteiger partial charge in [0, 0.05) is 12.1 Å². The largest absolute Gasteiger partial charge is 0.481 e. The van der Waals surface area contributed by atoms with Gasteiger partial charge in [0.2, 0.25) is 0 Å². The normalized spacial score (nSPS) is 12.4. The van der Waals surface area contributed by atoms with Gasteiger partial charge in [0.05, 0.1) is 0 Å². The van der Waals surface area contributed by atoms with Gasteiger partial charge in [-0.25, -0.2) is 0 Å². The average molecular weight is 250 g/mol. The Labute approximate surface area is 109 Å². The van der Waals surface area contributed by atoms with E-state index in [9.17, 15) is 4.79 Å². The van der Waals surface area contributed by atoms with Crippen molar-refractivity contribution < 1.29 is 9.53 Å². The highest BCUT2D eigenvalue weighted by Gasteiger charge is 2.12. The first-order valence-corrected chi connectivity index (χ1v) is 6.25. The Kier molecular flexibility index (Phi) is 5.65. The molecule has 4 heteroatoms. The molecule has 0 aliphatic rings. The van der Waals surface area contributed by atoms with Gasteiger partial charge in [-0.1, -0.05) is 32.0 Å². The van der Waals surface area contributed by atoms with Crippen LogP contribution in [-0.4, -0.2) is 18.6 Å². The quantitative estimate of drug-likeness (QED) is 0.774. The number of hydrogen-bond donors (Lipinski definition) is 2. The van der Waals surface area contributed by atoms with Crippen LogP contribution in [0.1, 0.15) is 26.3 Å². The second kappa shape index (κ2) is 7.01. The lowest BCUT2D eigenvalue weighted by Gasteiger charge is -2.15. The fourth-order valence-electron chi connectivity index (χ4n) is 1.51. The van der Waals surface area contributed by atoms with E-state index in [1.54, 1.807) is 6.92 Å². The lowest BCUT2D eigenvalue weighted by atomic mass is 10.1. The number of primary amides is 1. The minimum absolute atomic E-state index is 0.458. The Hall–Kier alpha value is -1.55. The molecular weight excluding hydrogens is 228 g/mol. The first kappa shape index (κ1) is 14.5. The second-order valence-electron chi connectivity index (χ2n) is 4.79. The average Bonchev–Trinajstić information content (AvgIpc) is 2.30. The summed E-state index contributed by atoms with van der Waals surface area (Å²) in [6.45, 7) is 7.63. The van der Waals surface area contributed by atoms with E-state index in [2.05, 4.69) is 19.2 Å². The Balaban J connectivity index is 2.64. The van der Waals surface area contributed by atoms with Gasteiger partial charge in [0.1, 0.15) is 5.75 Å². The maximum Gasteiger partial charge on any atom is 0.258 e. The molecule has 0 aromatic heterocycles. The molecule has 0 saturated carbocycles. The summed E-state index contributed by atoms with van der Waals surface area (Å²) in [5.74, 6) is 0.850. The SMILES string of the molecule is CC(C)CNCc1ccccc1OC(C)C(N)=O. The van der Waals surface area contributed by atoms with Crippen LogP contribution in [0.3, 0.4) is 0 Å². The van der Waals surface area contributed by atoms with Crippen molar-refractivity contribution in [1.82, 2.24) is 5.32 Å². The molecule has 0 radical (unpaired) electrons. The van der Waals surface area contributed by atoms with Gasteiger partial charge in [-0.05, 0) is 25.5 Å². The lowest BCUT2D eigenvalue weighted by Crippen LogP contribution is -2.31. The Morgan fingerprint density at radius 1 is 1.33 bits per heavy atom. The van der Waals surface area contributed by atoms with E-state index < -0.39 is 12.0 Å². The van der Waals surface area contributed by atoms with E-state index in [1.165, 1.54) is 0 Å². The zero-order valence-electron chi connectivity index (χ0n) is 11.3. The third kappa shape index (κ3) is 4.75. The third-order valence-corrected chi connectivity index (χ3v) is 2.55. The van der Waals surface area contributed by atoms with Crippen LogP contribution < -0.4 is 15.8 Å². The molecule has 1 rings (SSSR count). The van der Waals surface area contributed by atoms with E-state index in [0.717, 1.165) is 18.7 Å². The molecule has 0 saturated heterocycles. The molecule has 0 aliphatic carbocycles. The molecule has 4 nitrogen and oxygen atoms in total. The van der Waals surface area contributed by atoms with Gasteiger partial charge < -0.3 is 15.8 Å². The van der Waals surface area contributed by atoms with E-state index >= 15 is 0 Å². The number of carbonyl (C=O) groups is 1. The molecule has 3 N–H and O–H groups in total. The van der Waals surface area contributed by atoms with Crippen LogP contribution in [0.4, 0.5) is 0 Å². The van der Waals surface area contributed by atoms with E-state index in [0.29, 0.717) is 11.7 Å². The molecule has 100 valence electrons. The monoisotopic (exact) mass is 250 g/mol. The van der Waals surface area contributed by atoms with Crippen LogP contribution >= 0.6 is 0 Å². The van der Waals surface area contributed by atoms with Crippen LogP contribution in [0.5, 0.6) is 5.75 Å². The standard InChI is InChI=1S/C14H22N2O2/c1-10(2)8-16-9-12-6-4-5-7-13(12)18-11(3)14(15)17/h4-7,10-11,16H,8-9H2,1-3H3,(H2,15,17). The van der Waals surface area contributed by atoms with Crippen LogP contribution in [0.2, 0.25) is 0 Å². The van der Waals surface area contributed by atoms with Crippen LogP contribution in [0.15, 0.2) is 24.3 Å². The van der Waals surface area contributed by atoms with Crippen LogP contribution in [0, 0.1) is 5.92 Å². The highest BCUT2D eigenvalue weighted by molar-refractivity contribution is 5.78. The van der Waals surface area contributed by atoms with E-state index in [1.807, 2.05) is 24.3 Å².